The van der Waals surface area contributed by atoms with Crippen molar-refractivity contribution in [2.24, 2.45) is 0 Å². The normalized spacial score (nSPS) is 10.4. The minimum absolute atomic E-state index is 0.0323. The SMILES string of the molecule is N#Cc1cc(F)c(CNCCc2ccc(F)cc2)c(F)c1. The molecule has 0 spiro atoms. The number of nitriles is 1. The van der Waals surface area contributed by atoms with Crippen molar-refractivity contribution >= 4 is 0 Å². The Labute approximate surface area is 120 Å². The van der Waals surface area contributed by atoms with E-state index in [1.807, 2.05) is 0 Å². The van der Waals surface area contributed by atoms with Gasteiger partial charge in [0, 0.05) is 12.1 Å². The third-order valence-electron chi connectivity index (χ3n) is 3.08. The van der Waals surface area contributed by atoms with Crippen LogP contribution in [-0.2, 0) is 13.0 Å². The van der Waals surface area contributed by atoms with Crippen LogP contribution in [0.25, 0.3) is 0 Å². The molecule has 0 amide bonds. The van der Waals surface area contributed by atoms with Crippen molar-refractivity contribution in [3.8, 4) is 6.07 Å². The Balaban J connectivity index is 1.89. The minimum Gasteiger partial charge on any atom is -0.312 e. The number of halogens is 3. The molecule has 0 fully saturated rings. The predicted octanol–water partition coefficient (Wildman–Crippen LogP) is 3.31. The highest BCUT2D eigenvalue weighted by Gasteiger charge is 2.10. The van der Waals surface area contributed by atoms with E-state index in [2.05, 4.69) is 5.32 Å². The molecule has 2 rings (SSSR count). The van der Waals surface area contributed by atoms with Gasteiger partial charge in [-0.15, -0.1) is 0 Å². The summed E-state index contributed by atoms with van der Waals surface area (Å²) in [7, 11) is 0. The Hall–Kier alpha value is -2.32. The van der Waals surface area contributed by atoms with Gasteiger partial charge in [0.25, 0.3) is 0 Å². The maximum Gasteiger partial charge on any atom is 0.131 e. The van der Waals surface area contributed by atoms with E-state index in [4.69, 9.17) is 5.26 Å². The molecule has 2 nitrogen and oxygen atoms in total. The van der Waals surface area contributed by atoms with Gasteiger partial charge in [-0.3, -0.25) is 0 Å². The third-order valence-corrected chi connectivity index (χ3v) is 3.08. The molecule has 108 valence electrons. The fourth-order valence-corrected chi connectivity index (χ4v) is 1.93. The Morgan fingerprint density at radius 1 is 1.00 bits per heavy atom. The van der Waals surface area contributed by atoms with Gasteiger partial charge in [0.15, 0.2) is 0 Å². The summed E-state index contributed by atoms with van der Waals surface area (Å²) in [4.78, 5) is 0. The maximum atomic E-state index is 13.6. The molecular weight excluding hydrogens is 277 g/mol. The number of hydrogen-bond acceptors (Lipinski definition) is 2. The molecule has 0 bridgehead atoms. The molecule has 5 heteroatoms. The first-order chi connectivity index (χ1) is 10.1. The maximum absolute atomic E-state index is 13.6. The summed E-state index contributed by atoms with van der Waals surface area (Å²) in [5.41, 5.74) is 0.804. The smallest absolute Gasteiger partial charge is 0.131 e. The molecule has 0 saturated heterocycles. The summed E-state index contributed by atoms with van der Waals surface area (Å²) in [5.74, 6) is -1.77. The Morgan fingerprint density at radius 3 is 2.19 bits per heavy atom. The van der Waals surface area contributed by atoms with Crippen molar-refractivity contribution in [1.82, 2.24) is 5.32 Å². The molecule has 0 heterocycles. The molecule has 0 radical (unpaired) electrons. The summed E-state index contributed by atoms with van der Waals surface area (Å²) in [6.45, 7) is 0.537. The molecule has 0 aliphatic heterocycles. The lowest BCUT2D eigenvalue weighted by atomic mass is 10.1. The van der Waals surface area contributed by atoms with Crippen molar-refractivity contribution in [3.63, 3.8) is 0 Å². The second-order valence-corrected chi connectivity index (χ2v) is 4.58. The van der Waals surface area contributed by atoms with Crippen LogP contribution in [0.15, 0.2) is 36.4 Å². The van der Waals surface area contributed by atoms with E-state index in [1.54, 1.807) is 18.2 Å². The molecular formula is C16H13F3N2. The van der Waals surface area contributed by atoms with Gasteiger partial charge in [0.2, 0.25) is 0 Å². The van der Waals surface area contributed by atoms with E-state index in [9.17, 15) is 13.2 Å². The fraction of sp³-hybridized carbons (Fsp3) is 0.188. The first-order valence-electron chi connectivity index (χ1n) is 6.43. The van der Waals surface area contributed by atoms with E-state index in [1.165, 1.54) is 12.1 Å². The molecule has 0 aliphatic rings. The Kier molecular flexibility index (Phi) is 4.96. The van der Waals surface area contributed by atoms with Gasteiger partial charge in [-0.1, -0.05) is 12.1 Å². The second-order valence-electron chi connectivity index (χ2n) is 4.58. The molecule has 0 unspecified atom stereocenters. The van der Waals surface area contributed by atoms with Crippen LogP contribution < -0.4 is 5.32 Å². The van der Waals surface area contributed by atoms with Crippen LogP contribution in [0.3, 0.4) is 0 Å². The van der Waals surface area contributed by atoms with Crippen LogP contribution in [0.4, 0.5) is 13.2 Å². The lowest BCUT2D eigenvalue weighted by molar-refractivity contribution is 0.535. The molecule has 0 saturated carbocycles. The van der Waals surface area contributed by atoms with Gasteiger partial charge in [-0.2, -0.15) is 5.26 Å². The Morgan fingerprint density at radius 2 is 1.62 bits per heavy atom. The van der Waals surface area contributed by atoms with Crippen molar-refractivity contribution in [3.05, 3.63) is 70.5 Å². The molecule has 2 aromatic rings. The number of nitrogens with zero attached hydrogens (tertiary/aromatic N) is 1. The lowest BCUT2D eigenvalue weighted by Crippen LogP contribution is -2.18. The highest BCUT2D eigenvalue weighted by Crippen LogP contribution is 2.15. The Bertz CT molecular complexity index is 637. The van der Waals surface area contributed by atoms with Crippen LogP contribution in [0.1, 0.15) is 16.7 Å². The summed E-state index contributed by atoms with van der Waals surface area (Å²) < 4.78 is 40.0. The number of hydrogen-bond donors (Lipinski definition) is 1. The van der Waals surface area contributed by atoms with E-state index in [-0.39, 0.29) is 23.5 Å². The zero-order valence-corrected chi connectivity index (χ0v) is 11.2. The highest BCUT2D eigenvalue weighted by atomic mass is 19.1. The predicted molar refractivity (Wildman–Crippen MR) is 72.9 cm³/mol. The van der Waals surface area contributed by atoms with Gasteiger partial charge in [-0.05, 0) is 42.8 Å². The van der Waals surface area contributed by atoms with Crippen molar-refractivity contribution in [1.29, 1.82) is 5.26 Å². The molecule has 1 N–H and O–H groups in total. The van der Waals surface area contributed by atoms with Crippen molar-refractivity contribution < 1.29 is 13.2 Å². The van der Waals surface area contributed by atoms with Crippen molar-refractivity contribution in [2.45, 2.75) is 13.0 Å². The zero-order valence-electron chi connectivity index (χ0n) is 11.2. The minimum atomic E-state index is -0.735. The van der Waals surface area contributed by atoms with E-state index >= 15 is 0 Å². The summed E-state index contributed by atoms with van der Waals surface area (Å²) in [5, 5.41) is 11.5. The van der Waals surface area contributed by atoms with Crippen LogP contribution in [0.2, 0.25) is 0 Å². The average molecular weight is 290 g/mol. The molecule has 2 aromatic carbocycles. The van der Waals surface area contributed by atoms with Gasteiger partial charge < -0.3 is 5.32 Å². The number of nitrogens with one attached hydrogen (secondary N) is 1. The van der Waals surface area contributed by atoms with Crippen LogP contribution in [0.5, 0.6) is 0 Å². The molecule has 0 aromatic heterocycles. The quantitative estimate of drug-likeness (QED) is 0.858. The van der Waals surface area contributed by atoms with Crippen LogP contribution >= 0.6 is 0 Å². The van der Waals surface area contributed by atoms with Gasteiger partial charge in [0.05, 0.1) is 11.6 Å². The monoisotopic (exact) mass is 290 g/mol. The highest BCUT2D eigenvalue weighted by molar-refractivity contribution is 5.34. The van der Waals surface area contributed by atoms with E-state index < -0.39 is 11.6 Å². The second kappa shape index (κ2) is 6.91. The molecule has 0 aliphatic carbocycles. The van der Waals surface area contributed by atoms with Crippen LogP contribution in [0, 0.1) is 28.8 Å². The van der Waals surface area contributed by atoms with Gasteiger partial charge in [-0.25, -0.2) is 13.2 Å². The fourth-order valence-electron chi connectivity index (χ4n) is 1.93. The van der Waals surface area contributed by atoms with Crippen molar-refractivity contribution in [2.75, 3.05) is 6.54 Å². The largest absolute Gasteiger partial charge is 0.312 e. The van der Waals surface area contributed by atoms with Gasteiger partial charge >= 0.3 is 0 Å². The summed E-state index contributed by atoms with van der Waals surface area (Å²) in [6, 6.07) is 9.80. The summed E-state index contributed by atoms with van der Waals surface area (Å²) in [6.07, 6.45) is 0.625. The number of rotatable bonds is 5. The third kappa shape index (κ3) is 4.07. The lowest BCUT2D eigenvalue weighted by Gasteiger charge is -2.08. The topological polar surface area (TPSA) is 35.8 Å². The van der Waals surface area contributed by atoms with Gasteiger partial charge in [0.1, 0.15) is 17.5 Å². The van der Waals surface area contributed by atoms with E-state index in [0.29, 0.717) is 13.0 Å². The first kappa shape index (κ1) is 15.1. The van der Waals surface area contributed by atoms with E-state index in [0.717, 1.165) is 17.7 Å². The number of benzene rings is 2. The standard InChI is InChI=1S/C16H13F3N2/c17-13-3-1-11(2-4-13)5-6-21-10-14-15(18)7-12(9-20)8-16(14)19/h1-4,7-8,21H,5-6,10H2. The average Bonchev–Trinajstić information content (AvgIpc) is 2.47. The molecule has 21 heavy (non-hydrogen) atoms. The molecule has 0 atom stereocenters. The zero-order chi connectivity index (χ0) is 15.2. The first-order valence-corrected chi connectivity index (χ1v) is 6.43. The summed E-state index contributed by atoms with van der Waals surface area (Å²) >= 11 is 0. The van der Waals surface area contributed by atoms with Crippen LogP contribution in [-0.4, -0.2) is 6.54 Å².